The number of hydrogen-bond donors (Lipinski definition) is 1. The summed E-state index contributed by atoms with van der Waals surface area (Å²) in [6.07, 6.45) is 2.60. The molecule has 1 saturated heterocycles. The molecule has 2 heterocycles. The third-order valence-corrected chi connectivity index (χ3v) is 5.23. The van der Waals surface area contributed by atoms with Crippen LogP contribution < -0.4 is 10.9 Å². The normalized spacial score (nSPS) is 17.2. The maximum absolute atomic E-state index is 12.4. The molecule has 2 aromatic rings. The number of amides is 1. The highest BCUT2D eigenvalue weighted by molar-refractivity contribution is 5.91. The molecule has 7 nitrogen and oxygen atoms in total. The van der Waals surface area contributed by atoms with Gasteiger partial charge in [-0.1, -0.05) is 31.2 Å². The van der Waals surface area contributed by atoms with Crippen LogP contribution in [0.2, 0.25) is 0 Å². The summed E-state index contributed by atoms with van der Waals surface area (Å²) in [7, 11) is 1.56. The van der Waals surface area contributed by atoms with Crippen molar-refractivity contribution < 1.29 is 9.53 Å². The Hall–Kier alpha value is -2.51. The molecule has 0 aliphatic carbocycles. The first-order chi connectivity index (χ1) is 14.0. The van der Waals surface area contributed by atoms with Crippen LogP contribution in [0.5, 0.6) is 0 Å². The Labute approximate surface area is 171 Å². The van der Waals surface area contributed by atoms with Gasteiger partial charge in [-0.3, -0.25) is 14.5 Å². The fraction of sp³-hybridized carbons (Fsp3) is 0.500. The van der Waals surface area contributed by atoms with Crippen LogP contribution in [0.3, 0.4) is 0 Å². The number of likely N-dealkylation sites (tertiary alicyclic amines) is 1. The van der Waals surface area contributed by atoms with E-state index in [1.165, 1.54) is 41.8 Å². The summed E-state index contributed by atoms with van der Waals surface area (Å²) in [6, 6.07) is 11.2. The highest BCUT2D eigenvalue weighted by Crippen LogP contribution is 2.18. The van der Waals surface area contributed by atoms with Crippen LogP contribution in [-0.2, 0) is 24.4 Å². The number of piperidine rings is 1. The molecular weight excluding hydrogens is 368 g/mol. The molecule has 1 amide bonds. The van der Waals surface area contributed by atoms with E-state index in [0.29, 0.717) is 19.7 Å². The Kier molecular flexibility index (Phi) is 7.55. The summed E-state index contributed by atoms with van der Waals surface area (Å²) in [6.45, 7) is 6.71. The van der Waals surface area contributed by atoms with Crippen molar-refractivity contribution in [1.29, 1.82) is 0 Å². The van der Waals surface area contributed by atoms with Crippen molar-refractivity contribution in [3.63, 3.8) is 0 Å². The predicted octanol–water partition coefficient (Wildman–Crippen LogP) is 2.05. The number of nitrogens with one attached hydrogen (secondary N) is 1. The lowest BCUT2D eigenvalue weighted by Gasteiger charge is -2.30. The summed E-state index contributed by atoms with van der Waals surface area (Å²) in [5.74, 6) is 0.471. The van der Waals surface area contributed by atoms with Gasteiger partial charge in [0.25, 0.3) is 11.5 Å². The van der Waals surface area contributed by atoms with Gasteiger partial charge < -0.3 is 10.1 Å². The molecule has 0 bridgehead atoms. The van der Waals surface area contributed by atoms with Gasteiger partial charge in [-0.15, -0.1) is 0 Å². The molecule has 1 aliphatic rings. The van der Waals surface area contributed by atoms with Gasteiger partial charge in [0.15, 0.2) is 0 Å². The zero-order chi connectivity index (χ0) is 20.6. The minimum atomic E-state index is -0.303. The summed E-state index contributed by atoms with van der Waals surface area (Å²) >= 11 is 0. The largest absolute Gasteiger partial charge is 0.383 e. The van der Waals surface area contributed by atoms with Crippen molar-refractivity contribution in [1.82, 2.24) is 20.0 Å². The fourth-order valence-corrected chi connectivity index (χ4v) is 3.63. The van der Waals surface area contributed by atoms with Gasteiger partial charge in [0.1, 0.15) is 5.69 Å². The van der Waals surface area contributed by atoms with E-state index in [1.54, 1.807) is 7.11 Å². The van der Waals surface area contributed by atoms with Gasteiger partial charge in [-0.25, -0.2) is 4.68 Å². The Morgan fingerprint density at radius 2 is 1.97 bits per heavy atom. The third-order valence-electron chi connectivity index (χ3n) is 5.23. The zero-order valence-electron chi connectivity index (χ0n) is 17.3. The molecule has 29 heavy (non-hydrogen) atoms. The van der Waals surface area contributed by atoms with E-state index < -0.39 is 0 Å². The molecule has 7 heteroatoms. The molecule has 156 valence electrons. The molecule has 1 aromatic heterocycles. The molecule has 1 aliphatic heterocycles. The van der Waals surface area contributed by atoms with Crippen molar-refractivity contribution in [3.8, 4) is 0 Å². The third kappa shape index (κ3) is 6.24. The van der Waals surface area contributed by atoms with E-state index in [-0.39, 0.29) is 17.2 Å². The van der Waals surface area contributed by atoms with E-state index in [1.807, 2.05) is 0 Å². The smallest absolute Gasteiger partial charge is 0.271 e. The van der Waals surface area contributed by atoms with Crippen molar-refractivity contribution in [2.45, 2.75) is 39.4 Å². The van der Waals surface area contributed by atoms with Crippen molar-refractivity contribution in [2.24, 2.45) is 5.92 Å². The molecule has 0 saturated carbocycles. The predicted molar refractivity (Wildman–Crippen MR) is 112 cm³/mol. The van der Waals surface area contributed by atoms with E-state index in [4.69, 9.17) is 4.74 Å². The standard InChI is InChI=1S/C22H30N4O3/c1-17-4-3-11-25(15-17)16-19-7-5-18(6-8-19)14-23-22(28)20-9-10-21(27)26(24-20)12-13-29-2/h5-10,17H,3-4,11-16H2,1-2H3,(H,23,28)/t17-/m0/s1. The molecule has 0 radical (unpaired) electrons. The van der Waals surface area contributed by atoms with Gasteiger partial charge in [-0.05, 0) is 42.5 Å². The highest BCUT2D eigenvalue weighted by Gasteiger charge is 2.16. The number of nitrogens with zero attached hydrogens (tertiary/aromatic N) is 3. The highest BCUT2D eigenvalue weighted by atomic mass is 16.5. The Morgan fingerprint density at radius 3 is 2.69 bits per heavy atom. The van der Waals surface area contributed by atoms with Crippen molar-refractivity contribution >= 4 is 5.91 Å². The number of hydrogen-bond acceptors (Lipinski definition) is 5. The van der Waals surface area contributed by atoms with Gasteiger partial charge in [0.05, 0.1) is 13.2 Å². The average molecular weight is 399 g/mol. The lowest BCUT2D eigenvalue weighted by atomic mass is 9.99. The number of rotatable bonds is 8. The lowest BCUT2D eigenvalue weighted by molar-refractivity contribution is 0.0942. The first-order valence-electron chi connectivity index (χ1n) is 10.2. The molecule has 0 spiro atoms. The molecule has 1 N–H and O–H groups in total. The number of carbonyl (C=O) groups is 1. The molecule has 3 rings (SSSR count). The first kappa shape index (κ1) is 21.2. The molecule has 0 unspecified atom stereocenters. The van der Waals surface area contributed by atoms with Crippen LogP contribution in [0.15, 0.2) is 41.2 Å². The monoisotopic (exact) mass is 398 g/mol. The van der Waals surface area contributed by atoms with E-state index in [0.717, 1.165) is 24.6 Å². The Morgan fingerprint density at radius 1 is 1.21 bits per heavy atom. The van der Waals surface area contributed by atoms with Crippen molar-refractivity contribution in [3.05, 3.63) is 63.6 Å². The number of ether oxygens (including phenoxy) is 1. The summed E-state index contributed by atoms with van der Waals surface area (Å²) < 4.78 is 6.21. The zero-order valence-corrected chi connectivity index (χ0v) is 17.3. The molecule has 1 fully saturated rings. The van der Waals surface area contributed by atoms with Crippen LogP contribution >= 0.6 is 0 Å². The van der Waals surface area contributed by atoms with Gasteiger partial charge in [0, 0.05) is 32.8 Å². The van der Waals surface area contributed by atoms with E-state index in [2.05, 4.69) is 46.5 Å². The van der Waals surface area contributed by atoms with Gasteiger partial charge in [-0.2, -0.15) is 5.10 Å². The van der Waals surface area contributed by atoms with Gasteiger partial charge >= 0.3 is 0 Å². The van der Waals surface area contributed by atoms with Crippen LogP contribution in [0.1, 0.15) is 41.4 Å². The second-order valence-corrected chi connectivity index (χ2v) is 7.75. The van der Waals surface area contributed by atoms with Crippen LogP contribution in [0.4, 0.5) is 0 Å². The van der Waals surface area contributed by atoms with Crippen molar-refractivity contribution in [2.75, 3.05) is 26.8 Å². The minimum absolute atomic E-state index is 0.219. The summed E-state index contributed by atoms with van der Waals surface area (Å²) in [5.41, 5.74) is 2.29. The first-order valence-corrected chi connectivity index (χ1v) is 10.2. The summed E-state index contributed by atoms with van der Waals surface area (Å²) in [5, 5.41) is 6.98. The minimum Gasteiger partial charge on any atom is -0.383 e. The van der Waals surface area contributed by atoms with E-state index in [9.17, 15) is 9.59 Å². The summed E-state index contributed by atoms with van der Waals surface area (Å²) in [4.78, 5) is 26.7. The maximum atomic E-state index is 12.4. The lowest BCUT2D eigenvalue weighted by Crippen LogP contribution is -2.33. The topological polar surface area (TPSA) is 76.5 Å². The second-order valence-electron chi connectivity index (χ2n) is 7.75. The van der Waals surface area contributed by atoms with Crippen LogP contribution in [0.25, 0.3) is 0 Å². The van der Waals surface area contributed by atoms with Crippen LogP contribution in [0, 0.1) is 5.92 Å². The maximum Gasteiger partial charge on any atom is 0.271 e. The van der Waals surface area contributed by atoms with Gasteiger partial charge in [0.2, 0.25) is 0 Å². The number of aromatic nitrogens is 2. The number of benzene rings is 1. The second kappa shape index (κ2) is 10.3. The Balaban J connectivity index is 1.53. The van der Waals surface area contributed by atoms with Crippen LogP contribution in [-0.4, -0.2) is 47.4 Å². The average Bonchev–Trinajstić information content (AvgIpc) is 2.72. The molecular formula is C22H30N4O3. The molecule has 1 aromatic carbocycles. The number of carbonyl (C=O) groups excluding carboxylic acids is 1. The quantitative estimate of drug-likeness (QED) is 0.737. The number of methoxy groups -OCH3 is 1. The Bertz CT molecular complexity index is 863. The molecule has 1 atom stereocenters. The van der Waals surface area contributed by atoms with E-state index >= 15 is 0 Å². The SMILES string of the molecule is COCCn1nc(C(=O)NCc2ccc(CN3CCC[C@H](C)C3)cc2)ccc1=O. The fourth-order valence-electron chi connectivity index (χ4n) is 3.63.